The van der Waals surface area contributed by atoms with E-state index in [4.69, 9.17) is 11.6 Å². The van der Waals surface area contributed by atoms with E-state index in [1.165, 1.54) is 35.3 Å². The van der Waals surface area contributed by atoms with Gasteiger partial charge in [-0.3, -0.25) is 9.40 Å². The van der Waals surface area contributed by atoms with Crippen LogP contribution in [0.2, 0.25) is 5.02 Å². The first kappa shape index (κ1) is 18.3. The van der Waals surface area contributed by atoms with Gasteiger partial charge in [-0.05, 0) is 30.3 Å². The topological polar surface area (TPSA) is 64.0 Å². The van der Waals surface area contributed by atoms with Gasteiger partial charge in [0.05, 0.1) is 23.3 Å². The molecule has 0 radical (unpaired) electrons. The van der Waals surface area contributed by atoms with Crippen molar-refractivity contribution in [1.29, 1.82) is 0 Å². The summed E-state index contributed by atoms with van der Waals surface area (Å²) in [5.74, 6) is -2.95. The summed E-state index contributed by atoms with van der Waals surface area (Å²) in [5, 5.41) is 4.15. The highest BCUT2D eigenvalue weighted by Crippen LogP contribution is 2.21. The van der Waals surface area contributed by atoms with Crippen LogP contribution in [-0.2, 0) is 16.6 Å². The smallest absolute Gasteiger partial charge is 0.262 e. The number of anilines is 1. The second-order valence-corrected chi connectivity index (χ2v) is 7.40. The lowest BCUT2D eigenvalue weighted by atomic mass is 10.2. The monoisotopic (exact) mass is 401 g/mol. The highest BCUT2D eigenvalue weighted by Gasteiger charge is 2.18. The maximum atomic E-state index is 13.8. The van der Waals surface area contributed by atoms with Gasteiger partial charge in [0, 0.05) is 16.8 Å². The third-order valence-corrected chi connectivity index (χ3v) is 5.20. The Morgan fingerprint density at radius 1 is 1.08 bits per heavy atom. The minimum absolute atomic E-state index is 0.0155. The molecule has 0 spiro atoms. The summed E-state index contributed by atoms with van der Waals surface area (Å²) >= 11 is 5.94. The summed E-state index contributed by atoms with van der Waals surface area (Å²) in [6.07, 6.45) is 2.52. The molecule has 0 unspecified atom stereocenters. The second kappa shape index (κ2) is 7.00. The third-order valence-electron chi connectivity index (χ3n) is 3.47. The van der Waals surface area contributed by atoms with E-state index in [0.29, 0.717) is 12.1 Å². The van der Waals surface area contributed by atoms with E-state index >= 15 is 0 Å². The number of nitrogens with one attached hydrogen (secondary N) is 1. The van der Waals surface area contributed by atoms with Crippen LogP contribution in [0.4, 0.5) is 18.9 Å². The molecule has 0 saturated heterocycles. The Bertz CT molecular complexity index is 1050. The van der Waals surface area contributed by atoms with Gasteiger partial charge in [-0.25, -0.2) is 21.6 Å². The van der Waals surface area contributed by atoms with Crippen molar-refractivity contribution in [3.8, 4) is 0 Å². The van der Waals surface area contributed by atoms with Gasteiger partial charge in [-0.15, -0.1) is 0 Å². The molecule has 3 rings (SSSR count). The SMILES string of the molecule is O=S(=O)(Nc1cnn(Cc2c(F)cccc2Cl)c1)c1ccc(F)c(F)c1. The Kier molecular flexibility index (Phi) is 4.92. The average molecular weight is 402 g/mol. The predicted octanol–water partition coefficient (Wildman–Crippen LogP) is 3.80. The minimum atomic E-state index is -4.14. The summed E-state index contributed by atoms with van der Waals surface area (Å²) in [4.78, 5) is -0.443. The number of sulfonamides is 1. The van der Waals surface area contributed by atoms with Gasteiger partial charge in [0.1, 0.15) is 5.82 Å². The van der Waals surface area contributed by atoms with Crippen molar-refractivity contribution in [1.82, 2.24) is 9.78 Å². The maximum Gasteiger partial charge on any atom is 0.262 e. The van der Waals surface area contributed by atoms with Crippen LogP contribution in [-0.4, -0.2) is 18.2 Å². The van der Waals surface area contributed by atoms with E-state index in [2.05, 4.69) is 9.82 Å². The molecule has 10 heteroatoms. The van der Waals surface area contributed by atoms with Crippen LogP contribution in [0.5, 0.6) is 0 Å². The van der Waals surface area contributed by atoms with Gasteiger partial charge in [0.25, 0.3) is 10.0 Å². The van der Waals surface area contributed by atoms with Crippen LogP contribution >= 0.6 is 11.6 Å². The van der Waals surface area contributed by atoms with E-state index < -0.39 is 32.4 Å². The van der Waals surface area contributed by atoms with Gasteiger partial charge < -0.3 is 0 Å². The van der Waals surface area contributed by atoms with Crippen LogP contribution in [0.15, 0.2) is 53.7 Å². The van der Waals surface area contributed by atoms with Crippen molar-refractivity contribution in [2.75, 3.05) is 4.72 Å². The molecule has 136 valence electrons. The van der Waals surface area contributed by atoms with E-state index in [0.717, 1.165) is 6.07 Å². The molecular weight excluding hydrogens is 391 g/mol. The van der Waals surface area contributed by atoms with Crippen molar-refractivity contribution in [3.63, 3.8) is 0 Å². The van der Waals surface area contributed by atoms with Gasteiger partial charge in [0.15, 0.2) is 11.6 Å². The van der Waals surface area contributed by atoms with Crippen molar-refractivity contribution in [2.45, 2.75) is 11.4 Å². The zero-order valence-electron chi connectivity index (χ0n) is 13.0. The molecule has 0 amide bonds. The molecule has 0 aliphatic rings. The fraction of sp³-hybridized carbons (Fsp3) is 0.0625. The molecule has 2 aromatic carbocycles. The Labute approximate surface area is 152 Å². The Morgan fingerprint density at radius 2 is 1.85 bits per heavy atom. The molecule has 1 N–H and O–H groups in total. The van der Waals surface area contributed by atoms with Gasteiger partial charge in [-0.2, -0.15) is 5.10 Å². The highest BCUT2D eigenvalue weighted by molar-refractivity contribution is 7.92. The molecule has 0 fully saturated rings. The third kappa shape index (κ3) is 3.83. The molecule has 26 heavy (non-hydrogen) atoms. The zero-order valence-corrected chi connectivity index (χ0v) is 14.5. The summed E-state index contributed by atoms with van der Waals surface area (Å²) in [6, 6.07) is 6.46. The molecule has 0 aliphatic carbocycles. The summed E-state index contributed by atoms with van der Waals surface area (Å²) in [7, 11) is -4.14. The fourth-order valence-corrected chi connectivity index (χ4v) is 3.47. The summed E-state index contributed by atoms with van der Waals surface area (Å²) < 4.78 is 67.9. The lowest BCUT2D eigenvalue weighted by molar-refractivity contribution is 0.504. The minimum Gasteiger partial charge on any atom is -0.276 e. The molecule has 0 aliphatic heterocycles. The van der Waals surface area contributed by atoms with Crippen LogP contribution in [0.25, 0.3) is 0 Å². The van der Waals surface area contributed by atoms with Crippen LogP contribution < -0.4 is 4.72 Å². The van der Waals surface area contributed by atoms with Crippen LogP contribution in [0, 0.1) is 17.5 Å². The Hall–Kier alpha value is -2.52. The fourth-order valence-electron chi connectivity index (χ4n) is 2.21. The molecule has 5 nitrogen and oxygen atoms in total. The molecule has 0 saturated carbocycles. The van der Waals surface area contributed by atoms with Crippen molar-refractivity contribution in [2.24, 2.45) is 0 Å². The van der Waals surface area contributed by atoms with Gasteiger partial charge in [0.2, 0.25) is 0 Å². The first-order valence-electron chi connectivity index (χ1n) is 7.19. The van der Waals surface area contributed by atoms with Gasteiger partial charge >= 0.3 is 0 Å². The summed E-state index contributed by atoms with van der Waals surface area (Å²) in [5.41, 5.74) is 0.273. The molecule has 0 atom stereocenters. The zero-order chi connectivity index (χ0) is 18.9. The molecular formula is C16H11ClF3N3O2S. The standard InChI is InChI=1S/C16H11ClF3N3O2S/c17-13-2-1-3-14(18)12(13)9-23-8-10(7-21-23)22-26(24,25)11-4-5-15(19)16(20)6-11/h1-8,22H,9H2. The number of rotatable bonds is 5. The molecule has 0 bridgehead atoms. The van der Waals surface area contributed by atoms with Crippen molar-refractivity contribution in [3.05, 3.63) is 76.8 Å². The Morgan fingerprint density at radius 3 is 2.54 bits per heavy atom. The number of hydrogen-bond acceptors (Lipinski definition) is 3. The predicted molar refractivity (Wildman–Crippen MR) is 89.9 cm³/mol. The second-order valence-electron chi connectivity index (χ2n) is 5.31. The molecule has 1 heterocycles. The van der Waals surface area contributed by atoms with Gasteiger partial charge in [-0.1, -0.05) is 17.7 Å². The van der Waals surface area contributed by atoms with E-state index in [-0.39, 0.29) is 22.8 Å². The lowest BCUT2D eigenvalue weighted by Crippen LogP contribution is -2.13. The maximum absolute atomic E-state index is 13.8. The number of nitrogens with zero attached hydrogens (tertiary/aromatic N) is 2. The van der Waals surface area contributed by atoms with Crippen LogP contribution in [0.1, 0.15) is 5.56 Å². The van der Waals surface area contributed by atoms with E-state index in [1.54, 1.807) is 0 Å². The largest absolute Gasteiger partial charge is 0.276 e. The van der Waals surface area contributed by atoms with E-state index in [9.17, 15) is 21.6 Å². The van der Waals surface area contributed by atoms with Crippen LogP contribution in [0.3, 0.4) is 0 Å². The lowest BCUT2D eigenvalue weighted by Gasteiger charge is -2.07. The summed E-state index contributed by atoms with van der Waals surface area (Å²) in [6.45, 7) is -0.0155. The molecule has 1 aromatic heterocycles. The van der Waals surface area contributed by atoms with Crippen molar-refractivity contribution < 1.29 is 21.6 Å². The quantitative estimate of drug-likeness (QED) is 0.707. The average Bonchev–Trinajstić information content (AvgIpc) is 3.00. The highest BCUT2D eigenvalue weighted by atomic mass is 35.5. The first-order chi connectivity index (χ1) is 12.3. The first-order valence-corrected chi connectivity index (χ1v) is 9.05. The Balaban J connectivity index is 1.80. The number of aromatic nitrogens is 2. The normalized spacial score (nSPS) is 11.5. The molecule has 3 aromatic rings. The number of hydrogen-bond donors (Lipinski definition) is 1. The number of benzene rings is 2. The van der Waals surface area contributed by atoms with Crippen molar-refractivity contribution >= 4 is 27.3 Å². The van der Waals surface area contributed by atoms with E-state index in [1.807, 2.05) is 0 Å². The number of halogens is 4.